The smallest absolute Gasteiger partial charge is 0.228 e. The van der Waals surface area contributed by atoms with Crippen LogP contribution in [0, 0.1) is 0 Å². The largest absolute Gasteiger partial charge is 0.389 e. The first-order chi connectivity index (χ1) is 8.83. The molecule has 7 heteroatoms. The highest BCUT2D eigenvalue weighted by Crippen LogP contribution is 2.18. The second-order valence-corrected chi connectivity index (χ2v) is 6.30. The maximum atomic E-state index is 9.82. The monoisotopic (exact) mass is 329 g/mol. The Kier molecular flexibility index (Phi) is 4.27. The van der Waals surface area contributed by atoms with Crippen molar-refractivity contribution in [3.05, 3.63) is 10.7 Å². The summed E-state index contributed by atoms with van der Waals surface area (Å²) in [5.41, 5.74) is 5.07. The normalized spacial score (nSPS) is 17.8. The molecular formula is C12H20BrN5O. The zero-order valence-corrected chi connectivity index (χ0v) is 12.9. The molecule has 1 aromatic heterocycles. The number of β-amino-alcohol motifs (C(OH)–C–C–N with tert-alkyl or cyclic N) is 1. The Hall–Kier alpha value is -0.920. The standard InChI is InChI=1S/C12H20BrN5O/c1-12(2,19)8-17-3-5-18(6-4-17)11-15-9(13)7-10(14)16-11/h7,19H,3-6,8H2,1-2H3,(H2,14,15,16). The molecule has 3 N–H and O–H groups in total. The van der Waals surface area contributed by atoms with Crippen LogP contribution in [0.2, 0.25) is 0 Å². The van der Waals surface area contributed by atoms with Crippen molar-refractivity contribution < 1.29 is 5.11 Å². The molecule has 0 atom stereocenters. The van der Waals surface area contributed by atoms with E-state index in [0.29, 0.717) is 22.9 Å². The molecule has 0 radical (unpaired) electrons. The molecule has 0 bridgehead atoms. The Bertz CT molecular complexity index is 420. The van der Waals surface area contributed by atoms with Gasteiger partial charge in [0.25, 0.3) is 0 Å². The molecule has 2 rings (SSSR count). The average molecular weight is 330 g/mol. The lowest BCUT2D eigenvalue weighted by Crippen LogP contribution is -2.50. The second-order valence-electron chi connectivity index (χ2n) is 5.49. The molecule has 1 saturated heterocycles. The van der Waals surface area contributed by atoms with E-state index in [9.17, 15) is 5.11 Å². The van der Waals surface area contributed by atoms with Crippen LogP contribution in [0.4, 0.5) is 11.8 Å². The van der Waals surface area contributed by atoms with E-state index in [-0.39, 0.29) is 0 Å². The highest BCUT2D eigenvalue weighted by molar-refractivity contribution is 9.10. The van der Waals surface area contributed by atoms with Gasteiger partial charge in [-0.05, 0) is 29.8 Å². The minimum atomic E-state index is -0.654. The molecule has 6 nitrogen and oxygen atoms in total. The first-order valence-electron chi connectivity index (χ1n) is 6.33. The summed E-state index contributed by atoms with van der Waals surface area (Å²) in [6, 6.07) is 1.69. The van der Waals surface area contributed by atoms with Crippen LogP contribution in [0.3, 0.4) is 0 Å². The van der Waals surface area contributed by atoms with E-state index in [1.807, 2.05) is 13.8 Å². The van der Waals surface area contributed by atoms with Crippen molar-refractivity contribution >= 4 is 27.7 Å². The van der Waals surface area contributed by atoms with Crippen LogP contribution < -0.4 is 10.6 Å². The summed E-state index contributed by atoms with van der Waals surface area (Å²) in [4.78, 5) is 13.0. The lowest BCUT2D eigenvalue weighted by atomic mass is 10.1. The maximum absolute atomic E-state index is 9.82. The van der Waals surface area contributed by atoms with Crippen molar-refractivity contribution in [1.29, 1.82) is 0 Å². The first kappa shape index (κ1) is 14.5. The van der Waals surface area contributed by atoms with E-state index in [0.717, 1.165) is 26.2 Å². The summed E-state index contributed by atoms with van der Waals surface area (Å²) in [6.45, 7) is 7.80. The van der Waals surface area contributed by atoms with Crippen molar-refractivity contribution in [2.45, 2.75) is 19.4 Å². The third-order valence-corrected chi connectivity index (χ3v) is 3.37. The number of aliphatic hydroxyl groups is 1. The van der Waals surface area contributed by atoms with Gasteiger partial charge in [0.1, 0.15) is 10.4 Å². The number of nitrogens with zero attached hydrogens (tertiary/aromatic N) is 4. The van der Waals surface area contributed by atoms with E-state index < -0.39 is 5.60 Å². The molecule has 1 fully saturated rings. The van der Waals surface area contributed by atoms with E-state index in [1.165, 1.54) is 0 Å². The van der Waals surface area contributed by atoms with Crippen molar-refractivity contribution in [3.8, 4) is 0 Å². The molecule has 0 aliphatic carbocycles. The van der Waals surface area contributed by atoms with Gasteiger partial charge in [-0.3, -0.25) is 4.90 Å². The number of aromatic nitrogens is 2. The van der Waals surface area contributed by atoms with Crippen LogP contribution in [0.5, 0.6) is 0 Å². The molecule has 0 saturated carbocycles. The summed E-state index contributed by atoms with van der Waals surface area (Å²) >= 11 is 3.33. The van der Waals surface area contributed by atoms with Gasteiger partial charge in [0, 0.05) is 38.8 Å². The highest BCUT2D eigenvalue weighted by atomic mass is 79.9. The van der Waals surface area contributed by atoms with Gasteiger partial charge in [0.15, 0.2) is 0 Å². The van der Waals surface area contributed by atoms with Gasteiger partial charge in [-0.15, -0.1) is 0 Å². The zero-order valence-electron chi connectivity index (χ0n) is 11.3. The molecule has 0 unspecified atom stereocenters. The predicted octanol–water partition coefficient (Wildman–Crippen LogP) is 0.714. The molecule has 1 aliphatic heterocycles. The van der Waals surface area contributed by atoms with Crippen molar-refractivity contribution in [2.75, 3.05) is 43.4 Å². The third-order valence-electron chi connectivity index (χ3n) is 2.97. The summed E-state index contributed by atoms with van der Waals surface area (Å²) in [6.07, 6.45) is 0. The van der Waals surface area contributed by atoms with Crippen LogP contribution in [-0.4, -0.2) is 58.3 Å². The van der Waals surface area contributed by atoms with Gasteiger partial charge < -0.3 is 15.7 Å². The fourth-order valence-corrected chi connectivity index (χ4v) is 2.61. The van der Waals surface area contributed by atoms with E-state index in [2.05, 4.69) is 35.7 Å². The molecular weight excluding hydrogens is 310 g/mol. The lowest BCUT2D eigenvalue weighted by Gasteiger charge is -2.37. The zero-order chi connectivity index (χ0) is 14.0. The molecule has 0 spiro atoms. The number of halogens is 1. The first-order valence-corrected chi connectivity index (χ1v) is 7.12. The number of anilines is 2. The molecule has 106 valence electrons. The Balaban J connectivity index is 1.96. The van der Waals surface area contributed by atoms with E-state index in [4.69, 9.17) is 5.73 Å². The SMILES string of the molecule is CC(C)(O)CN1CCN(c2nc(N)cc(Br)n2)CC1. The minimum absolute atomic E-state index is 0.468. The van der Waals surface area contributed by atoms with Crippen molar-refractivity contribution in [1.82, 2.24) is 14.9 Å². The molecule has 0 aromatic carbocycles. The van der Waals surface area contributed by atoms with Crippen molar-refractivity contribution in [3.63, 3.8) is 0 Å². The summed E-state index contributed by atoms with van der Waals surface area (Å²) < 4.78 is 0.703. The van der Waals surface area contributed by atoms with Gasteiger partial charge in [0.2, 0.25) is 5.95 Å². The van der Waals surface area contributed by atoms with Gasteiger partial charge in [-0.2, -0.15) is 4.98 Å². The van der Waals surface area contributed by atoms with Crippen LogP contribution >= 0.6 is 15.9 Å². The fraction of sp³-hybridized carbons (Fsp3) is 0.667. The maximum Gasteiger partial charge on any atom is 0.228 e. The highest BCUT2D eigenvalue weighted by Gasteiger charge is 2.24. The van der Waals surface area contributed by atoms with Gasteiger partial charge in [-0.1, -0.05) is 0 Å². The van der Waals surface area contributed by atoms with Crippen LogP contribution in [0.1, 0.15) is 13.8 Å². The molecule has 0 amide bonds. The van der Waals surface area contributed by atoms with E-state index >= 15 is 0 Å². The predicted molar refractivity (Wildman–Crippen MR) is 79.1 cm³/mol. The summed E-state index contributed by atoms with van der Waals surface area (Å²) in [7, 11) is 0. The quantitative estimate of drug-likeness (QED) is 0.795. The molecule has 1 aromatic rings. The van der Waals surface area contributed by atoms with Gasteiger partial charge in [-0.25, -0.2) is 4.98 Å². The molecule has 19 heavy (non-hydrogen) atoms. The average Bonchev–Trinajstić information content (AvgIpc) is 2.26. The Morgan fingerprint density at radius 3 is 2.47 bits per heavy atom. The fourth-order valence-electron chi connectivity index (χ4n) is 2.22. The van der Waals surface area contributed by atoms with Crippen LogP contribution in [-0.2, 0) is 0 Å². The Morgan fingerprint density at radius 1 is 1.32 bits per heavy atom. The molecule has 1 aliphatic rings. The topological polar surface area (TPSA) is 78.5 Å². The minimum Gasteiger partial charge on any atom is -0.389 e. The second kappa shape index (κ2) is 5.60. The number of nitrogens with two attached hydrogens (primary N) is 1. The summed E-state index contributed by atoms with van der Waals surface area (Å²) in [5, 5.41) is 9.82. The number of hydrogen-bond donors (Lipinski definition) is 2. The van der Waals surface area contributed by atoms with Gasteiger partial charge in [0.05, 0.1) is 5.60 Å². The number of piperazine rings is 1. The molecule has 2 heterocycles. The Morgan fingerprint density at radius 2 is 1.95 bits per heavy atom. The van der Waals surface area contributed by atoms with Crippen LogP contribution in [0.15, 0.2) is 10.7 Å². The Labute approximate surface area is 121 Å². The van der Waals surface area contributed by atoms with E-state index in [1.54, 1.807) is 6.07 Å². The lowest BCUT2D eigenvalue weighted by molar-refractivity contribution is 0.0344. The number of hydrogen-bond acceptors (Lipinski definition) is 6. The van der Waals surface area contributed by atoms with Crippen molar-refractivity contribution in [2.24, 2.45) is 0 Å². The van der Waals surface area contributed by atoms with Gasteiger partial charge >= 0.3 is 0 Å². The van der Waals surface area contributed by atoms with Crippen LogP contribution in [0.25, 0.3) is 0 Å². The summed E-state index contributed by atoms with van der Waals surface area (Å²) in [5.74, 6) is 1.13. The number of rotatable bonds is 3. The number of nitrogen functional groups attached to an aromatic ring is 1. The third kappa shape index (κ3) is 4.29.